The van der Waals surface area contributed by atoms with E-state index in [0.717, 1.165) is 11.3 Å². The summed E-state index contributed by atoms with van der Waals surface area (Å²) >= 11 is 0. The van der Waals surface area contributed by atoms with Crippen molar-refractivity contribution in [1.82, 2.24) is 4.90 Å². The van der Waals surface area contributed by atoms with Crippen molar-refractivity contribution in [2.75, 3.05) is 27.9 Å². The SMILES string of the molecule is CCOc1ccc(C(=O)N(C)C(C)c2ccccc2OC)cc1OC. The zero-order valence-electron chi connectivity index (χ0n) is 15.4. The number of hydrogen-bond acceptors (Lipinski definition) is 4. The average molecular weight is 343 g/mol. The molecule has 0 aliphatic heterocycles. The molecule has 2 rings (SSSR count). The summed E-state index contributed by atoms with van der Waals surface area (Å²) in [5, 5.41) is 0. The molecular formula is C20H25NO4. The number of hydrogen-bond donors (Lipinski definition) is 0. The normalized spacial score (nSPS) is 11.6. The van der Waals surface area contributed by atoms with Crippen molar-refractivity contribution in [3.8, 4) is 17.2 Å². The standard InChI is InChI=1S/C20H25NO4/c1-6-25-18-12-11-15(13-19(18)24-5)20(22)21(3)14(2)16-9-7-8-10-17(16)23-4/h7-14H,6H2,1-5H3. The van der Waals surface area contributed by atoms with Crippen LogP contribution >= 0.6 is 0 Å². The van der Waals surface area contributed by atoms with Crippen LogP contribution < -0.4 is 14.2 Å². The summed E-state index contributed by atoms with van der Waals surface area (Å²) in [7, 11) is 4.97. The maximum atomic E-state index is 12.9. The van der Waals surface area contributed by atoms with E-state index in [-0.39, 0.29) is 11.9 Å². The lowest BCUT2D eigenvalue weighted by Crippen LogP contribution is -2.29. The molecule has 0 saturated carbocycles. The molecule has 0 spiro atoms. The van der Waals surface area contributed by atoms with Crippen molar-refractivity contribution in [3.63, 3.8) is 0 Å². The van der Waals surface area contributed by atoms with Crippen molar-refractivity contribution in [3.05, 3.63) is 53.6 Å². The Morgan fingerprint density at radius 3 is 2.36 bits per heavy atom. The molecule has 5 heteroatoms. The molecule has 134 valence electrons. The molecule has 0 aliphatic rings. The molecule has 0 fully saturated rings. The van der Waals surface area contributed by atoms with Crippen LogP contribution in [-0.4, -0.2) is 38.7 Å². The first kappa shape index (κ1) is 18.6. The van der Waals surface area contributed by atoms with Crippen LogP contribution in [0.5, 0.6) is 17.2 Å². The van der Waals surface area contributed by atoms with Gasteiger partial charge >= 0.3 is 0 Å². The topological polar surface area (TPSA) is 48.0 Å². The van der Waals surface area contributed by atoms with E-state index in [1.807, 2.05) is 38.1 Å². The molecular weight excluding hydrogens is 318 g/mol. The van der Waals surface area contributed by atoms with E-state index in [0.29, 0.717) is 23.7 Å². The van der Waals surface area contributed by atoms with Gasteiger partial charge in [0.2, 0.25) is 0 Å². The van der Waals surface area contributed by atoms with Crippen molar-refractivity contribution in [2.45, 2.75) is 19.9 Å². The minimum Gasteiger partial charge on any atom is -0.496 e. The van der Waals surface area contributed by atoms with Gasteiger partial charge in [0.05, 0.1) is 26.9 Å². The largest absolute Gasteiger partial charge is 0.496 e. The van der Waals surface area contributed by atoms with Gasteiger partial charge in [0.25, 0.3) is 5.91 Å². The van der Waals surface area contributed by atoms with Crippen LogP contribution in [0.2, 0.25) is 0 Å². The maximum absolute atomic E-state index is 12.9. The Kier molecular flexibility index (Phi) is 6.28. The van der Waals surface area contributed by atoms with Gasteiger partial charge in [0, 0.05) is 18.2 Å². The number of carbonyl (C=O) groups is 1. The van der Waals surface area contributed by atoms with Crippen LogP contribution in [0.15, 0.2) is 42.5 Å². The van der Waals surface area contributed by atoms with E-state index in [2.05, 4.69) is 0 Å². The van der Waals surface area contributed by atoms with Crippen molar-refractivity contribution in [2.24, 2.45) is 0 Å². The first-order chi connectivity index (χ1) is 12.0. The zero-order valence-corrected chi connectivity index (χ0v) is 15.4. The summed E-state index contributed by atoms with van der Waals surface area (Å²) in [6.07, 6.45) is 0. The highest BCUT2D eigenvalue weighted by atomic mass is 16.5. The van der Waals surface area contributed by atoms with Crippen LogP contribution in [0.25, 0.3) is 0 Å². The van der Waals surface area contributed by atoms with Gasteiger partial charge in [-0.15, -0.1) is 0 Å². The molecule has 2 aromatic carbocycles. The summed E-state index contributed by atoms with van der Waals surface area (Å²) in [6, 6.07) is 12.8. The Morgan fingerprint density at radius 2 is 1.72 bits per heavy atom. The summed E-state index contributed by atoms with van der Waals surface area (Å²) in [5.41, 5.74) is 1.50. The lowest BCUT2D eigenvalue weighted by molar-refractivity contribution is 0.0740. The second kappa shape index (κ2) is 8.42. The second-order valence-corrected chi connectivity index (χ2v) is 5.63. The zero-order chi connectivity index (χ0) is 18.4. The smallest absolute Gasteiger partial charge is 0.254 e. The highest BCUT2D eigenvalue weighted by Gasteiger charge is 2.22. The van der Waals surface area contributed by atoms with E-state index in [1.54, 1.807) is 44.4 Å². The molecule has 0 bridgehead atoms. The molecule has 0 saturated heterocycles. The maximum Gasteiger partial charge on any atom is 0.254 e. The van der Waals surface area contributed by atoms with Gasteiger partial charge < -0.3 is 19.1 Å². The van der Waals surface area contributed by atoms with Crippen molar-refractivity contribution in [1.29, 1.82) is 0 Å². The van der Waals surface area contributed by atoms with Crippen LogP contribution in [0.3, 0.4) is 0 Å². The molecule has 0 radical (unpaired) electrons. The van der Waals surface area contributed by atoms with Gasteiger partial charge in [-0.2, -0.15) is 0 Å². The van der Waals surface area contributed by atoms with Crippen LogP contribution in [0.1, 0.15) is 35.8 Å². The monoisotopic (exact) mass is 343 g/mol. The fraction of sp³-hybridized carbons (Fsp3) is 0.350. The Morgan fingerprint density at radius 1 is 1.04 bits per heavy atom. The third-order valence-corrected chi connectivity index (χ3v) is 4.20. The molecule has 1 amide bonds. The Balaban J connectivity index is 2.27. The Bertz CT molecular complexity index is 729. The van der Waals surface area contributed by atoms with Gasteiger partial charge in [0.1, 0.15) is 5.75 Å². The van der Waals surface area contributed by atoms with Crippen molar-refractivity contribution < 1.29 is 19.0 Å². The van der Waals surface area contributed by atoms with E-state index in [9.17, 15) is 4.79 Å². The third-order valence-electron chi connectivity index (χ3n) is 4.20. The van der Waals surface area contributed by atoms with Gasteiger partial charge in [-0.25, -0.2) is 0 Å². The van der Waals surface area contributed by atoms with E-state index >= 15 is 0 Å². The van der Waals surface area contributed by atoms with Crippen LogP contribution in [-0.2, 0) is 0 Å². The Labute approximate surface area is 149 Å². The lowest BCUT2D eigenvalue weighted by Gasteiger charge is -2.27. The van der Waals surface area contributed by atoms with Gasteiger partial charge in [-0.3, -0.25) is 4.79 Å². The van der Waals surface area contributed by atoms with Gasteiger partial charge in [-0.05, 0) is 38.1 Å². The molecule has 5 nitrogen and oxygen atoms in total. The fourth-order valence-electron chi connectivity index (χ4n) is 2.68. The fourth-order valence-corrected chi connectivity index (χ4v) is 2.68. The number of rotatable bonds is 7. The number of methoxy groups -OCH3 is 2. The first-order valence-electron chi connectivity index (χ1n) is 8.24. The van der Waals surface area contributed by atoms with E-state index in [4.69, 9.17) is 14.2 Å². The van der Waals surface area contributed by atoms with Gasteiger partial charge in [0.15, 0.2) is 11.5 Å². The molecule has 0 aliphatic carbocycles. The Hall–Kier alpha value is -2.69. The number of para-hydroxylation sites is 1. The quantitative estimate of drug-likeness (QED) is 0.764. The minimum absolute atomic E-state index is 0.0974. The highest BCUT2D eigenvalue weighted by Crippen LogP contribution is 2.31. The molecule has 25 heavy (non-hydrogen) atoms. The molecule has 0 heterocycles. The number of nitrogens with zero attached hydrogens (tertiary/aromatic N) is 1. The van der Waals surface area contributed by atoms with E-state index in [1.165, 1.54) is 0 Å². The predicted molar refractivity (Wildman–Crippen MR) is 97.7 cm³/mol. The summed E-state index contributed by atoms with van der Waals surface area (Å²) in [4.78, 5) is 14.6. The summed E-state index contributed by atoms with van der Waals surface area (Å²) < 4.78 is 16.2. The minimum atomic E-state index is -0.138. The van der Waals surface area contributed by atoms with Crippen LogP contribution in [0, 0.1) is 0 Å². The van der Waals surface area contributed by atoms with Crippen molar-refractivity contribution >= 4 is 5.91 Å². The first-order valence-corrected chi connectivity index (χ1v) is 8.24. The number of ether oxygens (including phenoxy) is 3. The third kappa shape index (κ3) is 4.05. The lowest BCUT2D eigenvalue weighted by atomic mass is 10.0. The van der Waals surface area contributed by atoms with Gasteiger partial charge in [-0.1, -0.05) is 18.2 Å². The predicted octanol–water partition coefficient (Wildman–Crippen LogP) is 3.94. The second-order valence-electron chi connectivity index (χ2n) is 5.63. The highest BCUT2D eigenvalue weighted by molar-refractivity contribution is 5.95. The molecule has 0 aromatic heterocycles. The molecule has 1 atom stereocenters. The summed E-state index contributed by atoms with van der Waals surface area (Å²) in [6.45, 7) is 4.41. The molecule has 0 N–H and O–H groups in total. The molecule has 2 aromatic rings. The summed E-state index contributed by atoms with van der Waals surface area (Å²) in [5.74, 6) is 1.84. The van der Waals surface area contributed by atoms with E-state index < -0.39 is 0 Å². The van der Waals surface area contributed by atoms with Crippen LogP contribution in [0.4, 0.5) is 0 Å². The molecule has 1 unspecified atom stereocenters. The number of carbonyl (C=O) groups excluding carboxylic acids is 1. The number of amides is 1. The average Bonchev–Trinajstić information content (AvgIpc) is 2.66. The number of benzene rings is 2.